The number of hydrogen-bond donors (Lipinski definition) is 1. The average Bonchev–Trinajstić information content (AvgIpc) is 2.86. The first-order chi connectivity index (χ1) is 10.4. The molecule has 0 fully saturated rings. The first-order valence-corrected chi connectivity index (χ1v) is 8.08. The molecule has 8 heteroatoms. The second kappa shape index (κ2) is 9.37. The Labute approximate surface area is 135 Å². The fourth-order valence-electron chi connectivity index (χ4n) is 1.77. The van der Waals surface area contributed by atoms with E-state index in [1.807, 2.05) is 19.2 Å². The molecule has 0 aliphatic carbocycles. The Morgan fingerprint density at radius 2 is 2.14 bits per heavy atom. The van der Waals surface area contributed by atoms with Gasteiger partial charge in [-0.25, -0.2) is 9.78 Å². The lowest BCUT2D eigenvalue weighted by molar-refractivity contribution is -0.116. The van der Waals surface area contributed by atoms with Crippen LogP contribution in [-0.4, -0.2) is 67.1 Å². The van der Waals surface area contributed by atoms with Gasteiger partial charge in [0, 0.05) is 39.2 Å². The van der Waals surface area contributed by atoms with Crippen molar-refractivity contribution in [1.29, 1.82) is 0 Å². The summed E-state index contributed by atoms with van der Waals surface area (Å²) in [5, 5.41) is 5.13. The summed E-state index contributed by atoms with van der Waals surface area (Å²) in [6, 6.07) is -0.193. The SMILES string of the molecule is CCOCCCN(CC(=O)Nc1nc(C)cs1)C(=O)N(C)C. The van der Waals surface area contributed by atoms with Gasteiger partial charge in [-0.2, -0.15) is 0 Å². The zero-order valence-corrected chi connectivity index (χ0v) is 14.4. The molecule has 0 bridgehead atoms. The van der Waals surface area contributed by atoms with E-state index in [1.165, 1.54) is 21.1 Å². The van der Waals surface area contributed by atoms with Gasteiger partial charge >= 0.3 is 6.03 Å². The Balaban J connectivity index is 2.54. The Hall–Kier alpha value is -1.67. The summed E-state index contributed by atoms with van der Waals surface area (Å²) < 4.78 is 5.27. The molecule has 7 nitrogen and oxygen atoms in total. The largest absolute Gasteiger partial charge is 0.382 e. The van der Waals surface area contributed by atoms with E-state index in [0.29, 0.717) is 31.3 Å². The van der Waals surface area contributed by atoms with Crippen molar-refractivity contribution in [3.8, 4) is 0 Å². The fraction of sp³-hybridized carbons (Fsp3) is 0.643. The minimum absolute atomic E-state index is 0.00175. The van der Waals surface area contributed by atoms with Crippen LogP contribution in [0.4, 0.5) is 9.93 Å². The van der Waals surface area contributed by atoms with Crippen LogP contribution in [0.2, 0.25) is 0 Å². The number of amides is 3. The number of aryl methyl sites for hydroxylation is 1. The van der Waals surface area contributed by atoms with Crippen molar-refractivity contribution in [3.63, 3.8) is 0 Å². The Morgan fingerprint density at radius 3 is 2.68 bits per heavy atom. The first-order valence-electron chi connectivity index (χ1n) is 7.20. The van der Waals surface area contributed by atoms with Crippen molar-refractivity contribution in [2.45, 2.75) is 20.3 Å². The molecule has 1 rings (SSSR count). The van der Waals surface area contributed by atoms with Crippen molar-refractivity contribution in [2.75, 3.05) is 45.7 Å². The second-order valence-corrected chi connectivity index (χ2v) is 5.85. The Kier molecular flexibility index (Phi) is 7.83. The normalized spacial score (nSPS) is 10.4. The molecule has 0 saturated heterocycles. The molecule has 0 aliphatic rings. The van der Waals surface area contributed by atoms with Crippen molar-refractivity contribution < 1.29 is 14.3 Å². The molecule has 22 heavy (non-hydrogen) atoms. The van der Waals surface area contributed by atoms with Gasteiger partial charge in [0.25, 0.3) is 0 Å². The van der Waals surface area contributed by atoms with Crippen LogP contribution in [0.3, 0.4) is 0 Å². The van der Waals surface area contributed by atoms with Crippen molar-refractivity contribution in [1.82, 2.24) is 14.8 Å². The molecule has 0 spiro atoms. The second-order valence-electron chi connectivity index (χ2n) is 4.99. The van der Waals surface area contributed by atoms with E-state index in [9.17, 15) is 9.59 Å². The summed E-state index contributed by atoms with van der Waals surface area (Å²) in [5.74, 6) is -0.249. The van der Waals surface area contributed by atoms with Crippen LogP contribution in [0.5, 0.6) is 0 Å². The molecule has 1 N–H and O–H groups in total. The van der Waals surface area contributed by atoms with E-state index in [4.69, 9.17) is 4.74 Å². The van der Waals surface area contributed by atoms with E-state index < -0.39 is 0 Å². The lowest BCUT2D eigenvalue weighted by Crippen LogP contribution is -2.44. The maximum atomic E-state index is 12.1. The topological polar surface area (TPSA) is 74.8 Å². The van der Waals surface area contributed by atoms with Gasteiger partial charge in [-0.1, -0.05) is 0 Å². The monoisotopic (exact) mass is 328 g/mol. The van der Waals surface area contributed by atoms with Crippen LogP contribution in [0.25, 0.3) is 0 Å². The highest BCUT2D eigenvalue weighted by atomic mass is 32.1. The third kappa shape index (κ3) is 6.40. The quantitative estimate of drug-likeness (QED) is 0.739. The van der Waals surface area contributed by atoms with Gasteiger partial charge in [0.05, 0.1) is 5.69 Å². The molecule has 0 atom stereocenters. The van der Waals surface area contributed by atoms with Gasteiger partial charge in [0.15, 0.2) is 5.13 Å². The summed E-state index contributed by atoms with van der Waals surface area (Å²) in [6.45, 7) is 5.48. The molecule has 0 aromatic carbocycles. The summed E-state index contributed by atoms with van der Waals surface area (Å²) in [4.78, 5) is 31.3. The Bertz CT molecular complexity index is 490. The molecular formula is C14H24N4O3S. The molecule has 1 aromatic heterocycles. The van der Waals surface area contributed by atoms with Crippen molar-refractivity contribution >= 4 is 28.4 Å². The summed E-state index contributed by atoms with van der Waals surface area (Å²) in [6.07, 6.45) is 0.692. The van der Waals surface area contributed by atoms with E-state index in [2.05, 4.69) is 10.3 Å². The third-order valence-electron chi connectivity index (χ3n) is 2.77. The van der Waals surface area contributed by atoms with Crippen LogP contribution in [0.15, 0.2) is 5.38 Å². The smallest absolute Gasteiger partial charge is 0.319 e. The van der Waals surface area contributed by atoms with Crippen LogP contribution in [-0.2, 0) is 9.53 Å². The standard InChI is InChI=1S/C14H24N4O3S/c1-5-21-8-6-7-18(14(20)17(3)4)9-12(19)16-13-15-11(2)10-22-13/h10H,5-9H2,1-4H3,(H,15,16,19). The number of nitrogens with zero attached hydrogens (tertiary/aromatic N) is 3. The van der Waals surface area contributed by atoms with Crippen molar-refractivity contribution in [3.05, 3.63) is 11.1 Å². The van der Waals surface area contributed by atoms with Gasteiger partial charge < -0.3 is 19.9 Å². The molecule has 0 aliphatic heterocycles. The van der Waals surface area contributed by atoms with Crippen LogP contribution in [0.1, 0.15) is 19.0 Å². The number of rotatable bonds is 8. The highest BCUT2D eigenvalue weighted by Crippen LogP contribution is 2.14. The lowest BCUT2D eigenvalue weighted by atomic mass is 10.4. The Morgan fingerprint density at radius 1 is 1.41 bits per heavy atom. The fourth-order valence-corrected chi connectivity index (χ4v) is 2.47. The van der Waals surface area contributed by atoms with Crippen LogP contribution >= 0.6 is 11.3 Å². The van der Waals surface area contributed by atoms with E-state index in [0.717, 1.165) is 5.69 Å². The first kappa shape index (κ1) is 18.4. The maximum absolute atomic E-state index is 12.1. The number of aromatic nitrogens is 1. The van der Waals surface area contributed by atoms with Gasteiger partial charge in [-0.15, -0.1) is 11.3 Å². The zero-order valence-electron chi connectivity index (χ0n) is 13.6. The van der Waals surface area contributed by atoms with Gasteiger partial charge in [-0.3, -0.25) is 4.79 Å². The maximum Gasteiger partial charge on any atom is 0.319 e. The third-order valence-corrected chi connectivity index (χ3v) is 3.65. The van der Waals surface area contributed by atoms with E-state index in [-0.39, 0.29) is 18.5 Å². The molecular weight excluding hydrogens is 304 g/mol. The number of ether oxygens (including phenoxy) is 1. The minimum atomic E-state index is -0.249. The molecule has 1 aromatic rings. The predicted octanol–water partition coefficient (Wildman–Crippen LogP) is 1.80. The predicted molar refractivity (Wildman–Crippen MR) is 87.2 cm³/mol. The average molecular weight is 328 g/mol. The van der Waals surface area contributed by atoms with Crippen molar-refractivity contribution in [2.24, 2.45) is 0 Å². The molecule has 124 valence electrons. The lowest BCUT2D eigenvalue weighted by Gasteiger charge is -2.25. The summed E-state index contributed by atoms with van der Waals surface area (Å²) in [5.41, 5.74) is 0.859. The van der Waals surface area contributed by atoms with Crippen LogP contribution < -0.4 is 5.32 Å². The van der Waals surface area contributed by atoms with Gasteiger partial charge in [0.1, 0.15) is 6.54 Å². The van der Waals surface area contributed by atoms with Crippen LogP contribution in [0, 0.1) is 6.92 Å². The number of hydrogen-bond acceptors (Lipinski definition) is 5. The molecule has 1 heterocycles. The summed E-state index contributed by atoms with van der Waals surface area (Å²) in [7, 11) is 3.33. The molecule has 0 radical (unpaired) electrons. The molecule has 0 saturated carbocycles. The van der Waals surface area contributed by atoms with Gasteiger partial charge in [-0.05, 0) is 20.3 Å². The number of carbonyl (C=O) groups excluding carboxylic acids is 2. The zero-order chi connectivity index (χ0) is 16.5. The minimum Gasteiger partial charge on any atom is -0.382 e. The number of anilines is 1. The molecule has 0 unspecified atom stereocenters. The summed E-state index contributed by atoms with van der Waals surface area (Å²) >= 11 is 1.37. The highest BCUT2D eigenvalue weighted by Gasteiger charge is 2.19. The van der Waals surface area contributed by atoms with E-state index in [1.54, 1.807) is 14.1 Å². The number of nitrogens with one attached hydrogen (secondary N) is 1. The van der Waals surface area contributed by atoms with E-state index >= 15 is 0 Å². The number of thiazole rings is 1. The number of carbonyl (C=O) groups is 2. The molecule has 3 amide bonds. The highest BCUT2D eigenvalue weighted by molar-refractivity contribution is 7.13. The number of urea groups is 1. The van der Waals surface area contributed by atoms with Gasteiger partial charge in [0.2, 0.25) is 5.91 Å².